The lowest BCUT2D eigenvalue weighted by atomic mass is 9.87. The van der Waals surface area contributed by atoms with Crippen LogP contribution in [-0.2, 0) is 0 Å². The summed E-state index contributed by atoms with van der Waals surface area (Å²) in [7, 11) is 0. The topological polar surface area (TPSA) is 90.7 Å². The van der Waals surface area contributed by atoms with Crippen LogP contribution in [0.15, 0.2) is 48.7 Å². The lowest BCUT2D eigenvalue weighted by Gasteiger charge is -2.34. The molecule has 6 heteroatoms. The van der Waals surface area contributed by atoms with E-state index in [-0.39, 0.29) is 17.5 Å². The Kier molecular flexibility index (Phi) is 5.09. The molecule has 2 N–H and O–H groups in total. The molecule has 1 fully saturated rings. The fraction of sp³-hybridized carbons (Fsp3) is 0.316. The van der Waals surface area contributed by atoms with Gasteiger partial charge in [-0.2, -0.15) is 0 Å². The van der Waals surface area contributed by atoms with Crippen molar-refractivity contribution in [2.45, 2.75) is 18.9 Å². The number of carboxylic acids is 1. The van der Waals surface area contributed by atoms with Gasteiger partial charge in [0.2, 0.25) is 0 Å². The van der Waals surface area contributed by atoms with Crippen LogP contribution in [0.1, 0.15) is 45.4 Å². The van der Waals surface area contributed by atoms with Crippen LogP contribution >= 0.6 is 0 Å². The molecule has 1 aromatic carbocycles. The van der Waals surface area contributed by atoms with Gasteiger partial charge in [-0.3, -0.25) is 4.79 Å². The highest BCUT2D eigenvalue weighted by molar-refractivity contribution is 5.95. The predicted octanol–water partition coefficient (Wildman–Crippen LogP) is 2.37. The Morgan fingerprint density at radius 3 is 2.32 bits per heavy atom. The van der Waals surface area contributed by atoms with E-state index < -0.39 is 12.1 Å². The Hall–Kier alpha value is -2.73. The molecule has 1 atom stereocenters. The fourth-order valence-corrected chi connectivity index (χ4v) is 3.17. The van der Waals surface area contributed by atoms with Crippen LogP contribution in [0.3, 0.4) is 0 Å². The molecule has 0 bridgehead atoms. The number of hydrogen-bond donors (Lipinski definition) is 2. The van der Waals surface area contributed by atoms with Gasteiger partial charge in [0.25, 0.3) is 5.91 Å². The summed E-state index contributed by atoms with van der Waals surface area (Å²) in [6, 6.07) is 12.4. The largest absolute Gasteiger partial charge is 0.477 e. The van der Waals surface area contributed by atoms with Gasteiger partial charge in [0.05, 0.1) is 11.7 Å². The summed E-state index contributed by atoms with van der Waals surface area (Å²) in [5.41, 5.74) is 1.20. The van der Waals surface area contributed by atoms with Crippen molar-refractivity contribution < 1.29 is 19.8 Å². The van der Waals surface area contributed by atoms with Gasteiger partial charge in [0.1, 0.15) is 5.69 Å². The molecule has 1 aliphatic rings. The average molecular weight is 340 g/mol. The first-order chi connectivity index (χ1) is 12.1. The molecule has 1 aliphatic heterocycles. The van der Waals surface area contributed by atoms with Crippen molar-refractivity contribution in [3.63, 3.8) is 0 Å². The molecule has 3 rings (SSSR count). The lowest BCUT2D eigenvalue weighted by Crippen LogP contribution is -2.39. The van der Waals surface area contributed by atoms with Gasteiger partial charge in [-0.05, 0) is 36.5 Å². The number of carboxylic acid groups (broad SMARTS) is 1. The van der Waals surface area contributed by atoms with E-state index in [2.05, 4.69) is 4.98 Å². The van der Waals surface area contributed by atoms with Crippen LogP contribution in [0.5, 0.6) is 0 Å². The number of aromatic carboxylic acids is 1. The molecule has 2 heterocycles. The van der Waals surface area contributed by atoms with E-state index in [1.807, 2.05) is 30.3 Å². The average Bonchev–Trinajstić information content (AvgIpc) is 2.67. The zero-order chi connectivity index (χ0) is 17.8. The molecule has 1 amide bonds. The number of carbonyl (C=O) groups is 2. The summed E-state index contributed by atoms with van der Waals surface area (Å²) >= 11 is 0. The van der Waals surface area contributed by atoms with Gasteiger partial charge in [0, 0.05) is 19.3 Å². The number of aliphatic hydroxyl groups is 1. The summed E-state index contributed by atoms with van der Waals surface area (Å²) < 4.78 is 0. The molecule has 0 saturated carbocycles. The number of rotatable bonds is 4. The van der Waals surface area contributed by atoms with Crippen molar-refractivity contribution in [3.8, 4) is 0 Å². The number of benzene rings is 1. The number of likely N-dealkylation sites (tertiary alicyclic amines) is 1. The van der Waals surface area contributed by atoms with Crippen molar-refractivity contribution in [1.29, 1.82) is 0 Å². The molecule has 25 heavy (non-hydrogen) atoms. The van der Waals surface area contributed by atoms with E-state index in [1.165, 1.54) is 18.3 Å². The molecule has 1 saturated heterocycles. The Morgan fingerprint density at radius 1 is 1.08 bits per heavy atom. The first kappa shape index (κ1) is 17.1. The lowest BCUT2D eigenvalue weighted by molar-refractivity contribution is 0.0461. The second-order valence-electron chi connectivity index (χ2n) is 6.22. The van der Waals surface area contributed by atoms with Gasteiger partial charge in [-0.25, -0.2) is 9.78 Å². The van der Waals surface area contributed by atoms with Crippen molar-refractivity contribution in [1.82, 2.24) is 9.88 Å². The molecule has 130 valence electrons. The number of aliphatic hydroxyl groups excluding tert-OH is 1. The third kappa shape index (κ3) is 3.85. The van der Waals surface area contributed by atoms with Gasteiger partial charge < -0.3 is 15.1 Å². The van der Waals surface area contributed by atoms with Gasteiger partial charge in [-0.15, -0.1) is 0 Å². The van der Waals surface area contributed by atoms with Crippen molar-refractivity contribution in [3.05, 3.63) is 65.5 Å². The van der Waals surface area contributed by atoms with Crippen LogP contribution in [0.2, 0.25) is 0 Å². The molecular weight excluding hydrogens is 320 g/mol. The second kappa shape index (κ2) is 7.44. The molecule has 1 aromatic heterocycles. The molecular formula is C19H20N2O4. The third-order valence-corrected chi connectivity index (χ3v) is 4.64. The molecule has 0 aliphatic carbocycles. The minimum Gasteiger partial charge on any atom is -0.477 e. The van der Waals surface area contributed by atoms with Crippen LogP contribution < -0.4 is 0 Å². The third-order valence-electron chi connectivity index (χ3n) is 4.64. The number of carbonyl (C=O) groups excluding carboxylic acids is 1. The first-order valence-corrected chi connectivity index (χ1v) is 8.28. The van der Waals surface area contributed by atoms with E-state index in [9.17, 15) is 14.7 Å². The monoisotopic (exact) mass is 340 g/mol. The zero-order valence-electron chi connectivity index (χ0n) is 13.7. The summed E-state index contributed by atoms with van der Waals surface area (Å²) in [4.78, 5) is 28.8. The highest BCUT2D eigenvalue weighted by Crippen LogP contribution is 2.31. The van der Waals surface area contributed by atoms with E-state index in [0.717, 1.165) is 18.4 Å². The van der Waals surface area contributed by atoms with E-state index >= 15 is 0 Å². The minimum atomic E-state index is -1.12. The number of aromatic nitrogens is 1. The summed E-state index contributed by atoms with van der Waals surface area (Å²) in [5, 5.41) is 19.4. The van der Waals surface area contributed by atoms with Gasteiger partial charge in [-0.1, -0.05) is 30.3 Å². The van der Waals surface area contributed by atoms with Crippen molar-refractivity contribution >= 4 is 11.9 Å². The summed E-state index contributed by atoms with van der Waals surface area (Å²) in [6.45, 7) is 1.13. The summed E-state index contributed by atoms with van der Waals surface area (Å²) in [6.07, 6.45) is 2.23. The zero-order valence-corrected chi connectivity index (χ0v) is 13.7. The maximum Gasteiger partial charge on any atom is 0.354 e. The quantitative estimate of drug-likeness (QED) is 0.892. The number of amides is 1. The first-order valence-electron chi connectivity index (χ1n) is 8.28. The Bertz CT molecular complexity index is 738. The van der Waals surface area contributed by atoms with Crippen LogP contribution in [0.25, 0.3) is 0 Å². The standard InChI is InChI=1S/C19H20N2O4/c22-17(13-4-2-1-3-5-13)14-8-10-21(11-9-14)18(23)15-6-7-16(19(24)25)20-12-15/h1-7,12,14,17,22H,8-11H2,(H,24,25). The van der Waals surface area contributed by atoms with E-state index in [1.54, 1.807) is 4.90 Å². The highest BCUT2D eigenvalue weighted by Gasteiger charge is 2.28. The summed E-state index contributed by atoms with van der Waals surface area (Å²) in [5.74, 6) is -1.15. The Balaban J connectivity index is 1.60. The molecule has 6 nitrogen and oxygen atoms in total. The molecule has 0 radical (unpaired) electrons. The minimum absolute atomic E-state index is 0.0822. The van der Waals surface area contributed by atoms with Crippen LogP contribution in [0, 0.1) is 5.92 Å². The predicted molar refractivity (Wildman–Crippen MR) is 91.2 cm³/mol. The van der Waals surface area contributed by atoms with E-state index in [0.29, 0.717) is 18.7 Å². The molecule has 0 spiro atoms. The maximum atomic E-state index is 12.5. The maximum absolute atomic E-state index is 12.5. The molecule has 1 unspecified atom stereocenters. The van der Waals surface area contributed by atoms with Gasteiger partial charge in [0.15, 0.2) is 0 Å². The smallest absolute Gasteiger partial charge is 0.354 e. The van der Waals surface area contributed by atoms with Crippen LogP contribution in [-0.4, -0.2) is 45.1 Å². The number of nitrogens with zero attached hydrogens (tertiary/aromatic N) is 2. The normalized spacial score (nSPS) is 16.4. The van der Waals surface area contributed by atoms with Gasteiger partial charge >= 0.3 is 5.97 Å². The van der Waals surface area contributed by atoms with Crippen molar-refractivity contribution in [2.24, 2.45) is 5.92 Å². The SMILES string of the molecule is O=C(O)c1ccc(C(=O)N2CCC(C(O)c3ccccc3)CC2)cn1. The van der Waals surface area contributed by atoms with Crippen molar-refractivity contribution in [2.75, 3.05) is 13.1 Å². The molecule has 2 aromatic rings. The van der Waals surface area contributed by atoms with Crippen LogP contribution in [0.4, 0.5) is 0 Å². The number of piperidine rings is 1. The second-order valence-corrected chi connectivity index (χ2v) is 6.22. The number of pyridine rings is 1. The Morgan fingerprint density at radius 2 is 1.76 bits per heavy atom. The number of hydrogen-bond acceptors (Lipinski definition) is 4. The fourth-order valence-electron chi connectivity index (χ4n) is 3.17. The highest BCUT2D eigenvalue weighted by atomic mass is 16.4. The Labute approximate surface area is 145 Å². The van der Waals surface area contributed by atoms with E-state index in [4.69, 9.17) is 5.11 Å².